The average molecular weight is 378 g/mol. The molecule has 1 aliphatic heterocycles. The molecule has 1 aromatic heterocycles. The van der Waals surface area contributed by atoms with E-state index in [1.165, 1.54) is 0 Å². The van der Waals surface area contributed by atoms with Crippen molar-refractivity contribution in [3.8, 4) is 5.69 Å². The summed E-state index contributed by atoms with van der Waals surface area (Å²) in [6.07, 6.45) is 0. The highest BCUT2D eigenvalue weighted by Gasteiger charge is 2.20. The molecule has 2 heterocycles. The number of anilines is 2. The fourth-order valence-electron chi connectivity index (χ4n) is 3.80. The highest BCUT2D eigenvalue weighted by atomic mass is 16.5. The molecule has 0 amide bonds. The summed E-state index contributed by atoms with van der Waals surface area (Å²) in [4.78, 5) is 17.2. The number of nitrogens with two attached hydrogens (primary N) is 1. The van der Waals surface area contributed by atoms with Crippen molar-refractivity contribution in [3.05, 3.63) is 54.2 Å². The van der Waals surface area contributed by atoms with Crippen LogP contribution in [0.5, 0.6) is 0 Å². The molecule has 146 valence electrons. The highest BCUT2D eigenvalue weighted by molar-refractivity contribution is 5.97. The molecule has 0 unspecified atom stereocenters. The van der Waals surface area contributed by atoms with E-state index >= 15 is 0 Å². The normalized spacial score (nSPS) is 15.1. The Balaban J connectivity index is 1.76. The Labute approximate surface area is 165 Å². The zero-order valence-electron chi connectivity index (χ0n) is 16.4. The van der Waals surface area contributed by atoms with Crippen LogP contribution < -0.4 is 10.6 Å². The summed E-state index contributed by atoms with van der Waals surface area (Å²) >= 11 is 0. The number of ether oxygens (including phenoxy) is 1. The minimum Gasteiger partial charge on any atom is -0.461 e. The molecule has 28 heavy (non-hydrogen) atoms. The van der Waals surface area contributed by atoms with Gasteiger partial charge in [0.25, 0.3) is 0 Å². The van der Waals surface area contributed by atoms with Crippen molar-refractivity contribution in [2.24, 2.45) is 0 Å². The number of likely N-dealkylation sites (N-methyl/N-ethyl adjacent to an activating group) is 1. The number of para-hydroxylation sites is 1. The van der Waals surface area contributed by atoms with Crippen molar-refractivity contribution in [3.63, 3.8) is 0 Å². The van der Waals surface area contributed by atoms with Crippen LogP contribution in [0.25, 0.3) is 16.6 Å². The number of hydrogen-bond acceptors (Lipinski definition) is 5. The molecular weight excluding hydrogens is 352 g/mol. The number of rotatable bonds is 4. The van der Waals surface area contributed by atoms with Gasteiger partial charge in [0, 0.05) is 37.3 Å². The Morgan fingerprint density at radius 1 is 1.07 bits per heavy atom. The molecular formula is C22H26N4O2. The van der Waals surface area contributed by atoms with Crippen molar-refractivity contribution in [2.75, 3.05) is 50.5 Å². The third-order valence-electron chi connectivity index (χ3n) is 5.31. The summed E-state index contributed by atoms with van der Waals surface area (Å²) in [5.74, 6) is -0.333. The summed E-state index contributed by atoms with van der Waals surface area (Å²) in [5, 5.41) is 0.993. The molecule has 2 aromatic carbocycles. The molecule has 1 aliphatic rings. The number of carbonyl (C=O) groups is 1. The van der Waals surface area contributed by atoms with E-state index in [1.54, 1.807) is 0 Å². The lowest BCUT2D eigenvalue weighted by atomic mass is 10.2. The van der Waals surface area contributed by atoms with Gasteiger partial charge < -0.3 is 24.8 Å². The number of nitrogens with zero attached hydrogens (tertiary/aromatic N) is 3. The molecule has 0 bridgehead atoms. The Morgan fingerprint density at radius 3 is 2.54 bits per heavy atom. The number of fused-ring (bicyclic) bond motifs is 1. The van der Waals surface area contributed by atoms with Crippen LogP contribution in [-0.4, -0.2) is 55.3 Å². The SMILES string of the molecule is CCOC(=O)c1cc2ccccc2n1-c1ccc(N2CCN(C)CC2)c(N)c1. The fraction of sp³-hybridized carbons (Fsp3) is 0.318. The van der Waals surface area contributed by atoms with E-state index in [4.69, 9.17) is 10.5 Å². The van der Waals surface area contributed by atoms with E-state index in [2.05, 4.69) is 22.9 Å². The van der Waals surface area contributed by atoms with Crippen LogP contribution in [0.4, 0.5) is 11.4 Å². The first-order chi connectivity index (χ1) is 13.6. The van der Waals surface area contributed by atoms with Crippen LogP contribution in [-0.2, 0) is 4.74 Å². The van der Waals surface area contributed by atoms with Crippen LogP contribution in [0.15, 0.2) is 48.5 Å². The molecule has 4 rings (SSSR count). The van der Waals surface area contributed by atoms with Crippen LogP contribution in [0, 0.1) is 0 Å². The monoisotopic (exact) mass is 378 g/mol. The van der Waals surface area contributed by atoms with Gasteiger partial charge in [-0.2, -0.15) is 0 Å². The minimum absolute atomic E-state index is 0.333. The van der Waals surface area contributed by atoms with Crippen molar-refractivity contribution >= 4 is 28.2 Å². The van der Waals surface area contributed by atoms with Gasteiger partial charge in [0.05, 0.1) is 23.5 Å². The summed E-state index contributed by atoms with van der Waals surface area (Å²) in [7, 11) is 2.14. The molecule has 1 saturated heterocycles. The molecule has 0 spiro atoms. The lowest BCUT2D eigenvalue weighted by molar-refractivity contribution is 0.0517. The topological polar surface area (TPSA) is 63.7 Å². The number of benzene rings is 2. The lowest BCUT2D eigenvalue weighted by Gasteiger charge is -2.34. The van der Waals surface area contributed by atoms with Crippen molar-refractivity contribution < 1.29 is 9.53 Å². The Kier molecular flexibility index (Phi) is 4.96. The summed E-state index contributed by atoms with van der Waals surface area (Å²) in [6.45, 7) is 6.12. The molecule has 2 N–H and O–H groups in total. The van der Waals surface area contributed by atoms with E-state index in [1.807, 2.05) is 54.0 Å². The Morgan fingerprint density at radius 2 is 1.82 bits per heavy atom. The number of aromatic nitrogens is 1. The van der Waals surface area contributed by atoms with Gasteiger partial charge in [-0.25, -0.2) is 4.79 Å². The van der Waals surface area contributed by atoms with Gasteiger partial charge in [0.2, 0.25) is 0 Å². The minimum atomic E-state index is -0.333. The van der Waals surface area contributed by atoms with E-state index in [0.29, 0.717) is 12.3 Å². The molecule has 0 saturated carbocycles. The predicted octanol–water partition coefficient (Wildman–Crippen LogP) is 3.14. The molecule has 6 nitrogen and oxygen atoms in total. The second-order valence-corrected chi connectivity index (χ2v) is 7.18. The third-order valence-corrected chi connectivity index (χ3v) is 5.31. The van der Waals surface area contributed by atoms with Crippen LogP contribution >= 0.6 is 0 Å². The first kappa shape index (κ1) is 18.4. The zero-order chi connectivity index (χ0) is 19.7. The molecule has 0 aliphatic carbocycles. The number of esters is 1. The van der Waals surface area contributed by atoms with Gasteiger partial charge in [-0.05, 0) is 44.3 Å². The first-order valence-corrected chi connectivity index (χ1v) is 9.69. The van der Waals surface area contributed by atoms with Crippen molar-refractivity contribution in [1.29, 1.82) is 0 Å². The Bertz CT molecular complexity index is 1000. The second kappa shape index (κ2) is 7.56. The fourth-order valence-corrected chi connectivity index (χ4v) is 3.80. The van der Waals surface area contributed by atoms with E-state index < -0.39 is 0 Å². The predicted molar refractivity (Wildman–Crippen MR) is 113 cm³/mol. The quantitative estimate of drug-likeness (QED) is 0.558. The number of nitrogen functional groups attached to an aromatic ring is 1. The maximum absolute atomic E-state index is 12.6. The maximum atomic E-state index is 12.6. The van der Waals surface area contributed by atoms with Gasteiger partial charge >= 0.3 is 5.97 Å². The second-order valence-electron chi connectivity index (χ2n) is 7.18. The maximum Gasteiger partial charge on any atom is 0.355 e. The van der Waals surface area contributed by atoms with Crippen molar-refractivity contribution in [2.45, 2.75) is 6.92 Å². The van der Waals surface area contributed by atoms with Crippen LogP contribution in [0.2, 0.25) is 0 Å². The van der Waals surface area contributed by atoms with Crippen LogP contribution in [0.1, 0.15) is 17.4 Å². The first-order valence-electron chi connectivity index (χ1n) is 9.69. The van der Waals surface area contributed by atoms with Gasteiger partial charge in [0.1, 0.15) is 5.69 Å². The summed E-state index contributed by atoms with van der Waals surface area (Å²) in [5.41, 5.74) is 10.5. The van der Waals surface area contributed by atoms with Crippen LogP contribution in [0.3, 0.4) is 0 Å². The standard InChI is InChI=1S/C22H26N4O2/c1-3-28-22(27)21-14-16-6-4-5-7-19(16)26(21)17-8-9-20(18(23)15-17)25-12-10-24(2)11-13-25/h4-9,14-15H,3,10-13,23H2,1-2H3. The third kappa shape index (κ3) is 3.31. The number of carbonyl (C=O) groups excluding carboxylic acids is 1. The number of piperazine rings is 1. The van der Waals surface area contributed by atoms with Gasteiger partial charge in [0.15, 0.2) is 0 Å². The Hall–Kier alpha value is -2.99. The molecule has 0 atom stereocenters. The lowest BCUT2D eigenvalue weighted by Crippen LogP contribution is -2.44. The zero-order valence-corrected chi connectivity index (χ0v) is 16.4. The molecule has 1 fully saturated rings. The smallest absolute Gasteiger partial charge is 0.355 e. The average Bonchev–Trinajstić information content (AvgIpc) is 3.09. The highest BCUT2D eigenvalue weighted by Crippen LogP contribution is 2.30. The van der Waals surface area contributed by atoms with E-state index in [9.17, 15) is 4.79 Å². The number of hydrogen-bond donors (Lipinski definition) is 1. The summed E-state index contributed by atoms with van der Waals surface area (Å²) in [6, 6.07) is 15.8. The summed E-state index contributed by atoms with van der Waals surface area (Å²) < 4.78 is 7.20. The van der Waals surface area contributed by atoms with Gasteiger partial charge in [-0.1, -0.05) is 18.2 Å². The van der Waals surface area contributed by atoms with Gasteiger partial charge in [-0.15, -0.1) is 0 Å². The van der Waals surface area contributed by atoms with Gasteiger partial charge in [-0.3, -0.25) is 0 Å². The van der Waals surface area contributed by atoms with Crippen molar-refractivity contribution in [1.82, 2.24) is 9.47 Å². The van der Waals surface area contributed by atoms with E-state index in [0.717, 1.165) is 54.1 Å². The molecule has 3 aromatic rings. The molecule has 6 heteroatoms. The molecule has 0 radical (unpaired) electrons. The van der Waals surface area contributed by atoms with E-state index in [-0.39, 0.29) is 5.97 Å². The largest absolute Gasteiger partial charge is 0.461 e.